The molecule has 0 spiro atoms. The third-order valence-electron chi connectivity index (χ3n) is 4.66. The molecule has 0 bridgehead atoms. The van der Waals surface area contributed by atoms with Crippen LogP contribution in [0.1, 0.15) is 21.5 Å². The highest BCUT2D eigenvalue weighted by Crippen LogP contribution is 2.30. The Balaban J connectivity index is 1.47. The SMILES string of the molecule is O=C(CNc1cccc(C(F)(F)F)c1)NCc1ccc(C(=O)N2CCNC(=O)C2)cc1. The van der Waals surface area contributed by atoms with Crippen molar-refractivity contribution in [2.24, 2.45) is 0 Å². The van der Waals surface area contributed by atoms with E-state index in [0.29, 0.717) is 18.7 Å². The van der Waals surface area contributed by atoms with Gasteiger partial charge in [0.15, 0.2) is 0 Å². The van der Waals surface area contributed by atoms with Gasteiger partial charge >= 0.3 is 6.18 Å². The number of halogens is 3. The summed E-state index contributed by atoms with van der Waals surface area (Å²) >= 11 is 0. The summed E-state index contributed by atoms with van der Waals surface area (Å²) in [5, 5.41) is 7.98. The Kier molecular flexibility index (Phi) is 6.78. The Bertz CT molecular complexity index is 961. The van der Waals surface area contributed by atoms with E-state index in [1.165, 1.54) is 17.0 Å². The number of nitrogens with zero attached hydrogens (tertiary/aromatic N) is 1. The molecule has 164 valence electrons. The highest BCUT2D eigenvalue weighted by atomic mass is 19.4. The Labute approximate surface area is 176 Å². The highest BCUT2D eigenvalue weighted by Gasteiger charge is 2.30. The van der Waals surface area contributed by atoms with E-state index in [9.17, 15) is 27.6 Å². The van der Waals surface area contributed by atoms with E-state index in [2.05, 4.69) is 16.0 Å². The maximum atomic E-state index is 12.7. The smallest absolute Gasteiger partial charge is 0.376 e. The van der Waals surface area contributed by atoms with Gasteiger partial charge in [0.2, 0.25) is 11.8 Å². The van der Waals surface area contributed by atoms with Gasteiger partial charge in [0.25, 0.3) is 5.91 Å². The maximum Gasteiger partial charge on any atom is 0.416 e. The number of carbonyl (C=O) groups is 3. The molecule has 0 atom stereocenters. The molecule has 2 aromatic rings. The summed E-state index contributed by atoms with van der Waals surface area (Å²) in [4.78, 5) is 37.3. The highest BCUT2D eigenvalue weighted by molar-refractivity contribution is 5.97. The fourth-order valence-corrected chi connectivity index (χ4v) is 3.01. The van der Waals surface area contributed by atoms with Crippen molar-refractivity contribution < 1.29 is 27.6 Å². The number of hydrogen-bond acceptors (Lipinski definition) is 4. The number of hydrogen-bond donors (Lipinski definition) is 3. The lowest BCUT2D eigenvalue weighted by Gasteiger charge is -2.26. The fraction of sp³-hybridized carbons (Fsp3) is 0.286. The van der Waals surface area contributed by atoms with Crippen molar-refractivity contribution >= 4 is 23.4 Å². The van der Waals surface area contributed by atoms with E-state index in [-0.39, 0.29) is 37.1 Å². The lowest BCUT2D eigenvalue weighted by molar-refractivity contribution is -0.137. The van der Waals surface area contributed by atoms with Gasteiger partial charge in [0.05, 0.1) is 18.7 Å². The number of alkyl halides is 3. The van der Waals surface area contributed by atoms with Crippen molar-refractivity contribution in [2.75, 3.05) is 31.5 Å². The molecule has 31 heavy (non-hydrogen) atoms. The van der Waals surface area contributed by atoms with Crippen molar-refractivity contribution in [2.45, 2.75) is 12.7 Å². The van der Waals surface area contributed by atoms with Crippen LogP contribution in [-0.2, 0) is 22.3 Å². The number of amides is 3. The Morgan fingerprint density at radius 1 is 1.10 bits per heavy atom. The second-order valence-electron chi connectivity index (χ2n) is 6.98. The normalized spacial score (nSPS) is 14.0. The summed E-state index contributed by atoms with van der Waals surface area (Å²) in [6.45, 7) is 0.901. The van der Waals surface area contributed by atoms with Gasteiger partial charge in [-0.25, -0.2) is 0 Å². The van der Waals surface area contributed by atoms with Crippen molar-refractivity contribution in [1.82, 2.24) is 15.5 Å². The third-order valence-corrected chi connectivity index (χ3v) is 4.66. The van der Waals surface area contributed by atoms with Gasteiger partial charge in [0, 0.05) is 30.9 Å². The van der Waals surface area contributed by atoms with Gasteiger partial charge in [0.1, 0.15) is 0 Å². The number of nitrogens with one attached hydrogen (secondary N) is 3. The molecule has 0 aromatic heterocycles. The molecular weight excluding hydrogens is 413 g/mol. The van der Waals surface area contributed by atoms with Gasteiger partial charge in [-0.1, -0.05) is 18.2 Å². The molecule has 3 amide bonds. The molecule has 2 aromatic carbocycles. The second kappa shape index (κ2) is 9.50. The summed E-state index contributed by atoms with van der Waals surface area (Å²) < 4.78 is 38.2. The van der Waals surface area contributed by atoms with Crippen molar-refractivity contribution in [3.8, 4) is 0 Å². The Hall–Kier alpha value is -3.56. The Morgan fingerprint density at radius 3 is 2.52 bits per heavy atom. The van der Waals surface area contributed by atoms with Crippen LogP contribution in [0, 0.1) is 0 Å². The molecule has 1 saturated heterocycles. The van der Waals surface area contributed by atoms with Crippen LogP contribution < -0.4 is 16.0 Å². The first kappa shape index (κ1) is 22.1. The number of benzene rings is 2. The van der Waals surface area contributed by atoms with E-state index < -0.39 is 17.6 Å². The molecular formula is C21H21F3N4O3. The molecule has 10 heteroatoms. The van der Waals surface area contributed by atoms with Crippen LogP contribution in [-0.4, -0.2) is 48.8 Å². The van der Waals surface area contributed by atoms with E-state index in [1.54, 1.807) is 24.3 Å². The van der Waals surface area contributed by atoms with E-state index in [1.807, 2.05) is 0 Å². The third kappa shape index (κ3) is 6.21. The van der Waals surface area contributed by atoms with Gasteiger partial charge in [-0.05, 0) is 35.9 Å². The summed E-state index contributed by atoms with van der Waals surface area (Å²) in [6, 6.07) is 11.2. The summed E-state index contributed by atoms with van der Waals surface area (Å²) in [5.74, 6) is -0.828. The number of carbonyl (C=O) groups excluding carboxylic acids is 3. The molecule has 7 nitrogen and oxygen atoms in total. The Morgan fingerprint density at radius 2 is 1.84 bits per heavy atom. The van der Waals surface area contributed by atoms with Gasteiger partial charge in [-0.15, -0.1) is 0 Å². The topological polar surface area (TPSA) is 90.5 Å². The molecule has 0 radical (unpaired) electrons. The largest absolute Gasteiger partial charge is 0.416 e. The van der Waals surface area contributed by atoms with Crippen molar-refractivity contribution in [3.05, 3.63) is 65.2 Å². The fourth-order valence-electron chi connectivity index (χ4n) is 3.01. The first-order valence-corrected chi connectivity index (χ1v) is 9.55. The average Bonchev–Trinajstić information content (AvgIpc) is 2.76. The van der Waals surface area contributed by atoms with Crippen LogP contribution in [0.2, 0.25) is 0 Å². The first-order chi connectivity index (χ1) is 14.7. The number of rotatable bonds is 6. The van der Waals surface area contributed by atoms with Crippen LogP contribution >= 0.6 is 0 Å². The molecule has 0 saturated carbocycles. The van der Waals surface area contributed by atoms with E-state index in [4.69, 9.17) is 0 Å². The molecule has 1 aliphatic heterocycles. The van der Waals surface area contributed by atoms with Crippen molar-refractivity contribution in [1.29, 1.82) is 0 Å². The van der Waals surface area contributed by atoms with Crippen LogP contribution in [0.4, 0.5) is 18.9 Å². The van der Waals surface area contributed by atoms with Crippen LogP contribution in [0.15, 0.2) is 48.5 Å². The van der Waals surface area contributed by atoms with Gasteiger partial charge in [-0.2, -0.15) is 13.2 Å². The lowest BCUT2D eigenvalue weighted by Crippen LogP contribution is -2.49. The van der Waals surface area contributed by atoms with Crippen LogP contribution in [0.25, 0.3) is 0 Å². The van der Waals surface area contributed by atoms with Crippen LogP contribution in [0.5, 0.6) is 0 Å². The molecule has 1 fully saturated rings. The van der Waals surface area contributed by atoms with Crippen molar-refractivity contribution in [3.63, 3.8) is 0 Å². The zero-order valence-corrected chi connectivity index (χ0v) is 16.5. The monoisotopic (exact) mass is 434 g/mol. The van der Waals surface area contributed by atoms with Gasteiger partial charge < -0.3 is 20.9 Å². The zero-order valence-electron chi connectivity index (χ0n) is 16.5. The van der Waals surface area contributed by atoms with Crippen LogP contribution in [0.3, 0.4) is 0 Å². The van der Waals surface area contributed by atoms with E-state index >= 15 is 0 Å². The molecule has 3 N–H and O–H groups in total. The number of anilines is 1. The lowest BCUT2D eigenvalue weighted by atomic mass is 10.1. The summed E-state index contributed by atoms with van der Waals surface area (Å²) in [7, 11) is 0. The quantitative estimate of drug-likeness (QED) is 0.649. The average molecular weight is 434 g/mol. The molecule has 1 aliphatic rings. The molecule has 0 unspecified atom stereocenters. The standard InChI is InChI=1S/C21H21F3N4O3/c22-21(23,24)16-2-1-3-17(10-16)26-12-18(29)27-11-14-4-6-15(7-5-14)20(31)28-9-8-25-19(30)13-28/h1-7,10,26H,8-9,11-13H2,(H,25,30)(H,27,29). The summed E-state index contributed by atoms with van der Waals surface area (Å²) in [6.07, 6.45) is -4.45. The van der Waals surface area contributed by atoms with Gasteiger partial charge in [-0.3, -0.25) is 14.4 Å². The second-order valence-corrected chi connectivity index (χ2v) is 6.98. The predicted octanol–water partition coefficient (Wildman–Crippen LogP) is 2.01. The summed E-state index contributed by atoms with van der Waals surface area (Å²) in [5.41, 5.74) is 0.591. The molecule has 3 rings (SSSR count). The van der Waals surface area contributed by atoms with E-state index in [0.717, 1.165) is 17.7 Å². The minimum absolute atomic E-state index is 0.0233. The maximum absolute atomic E-state index is 12.7. The first-order valence-electron chi connectivity index (χ1n) is 9.55. The number of piperazine rings is 1. The minimum Gasteiger partial charge on any atom is -0.376 e. The zero-order chi connectivity index (χ0) is 22.4. The molecule has 0 aliphatic carbocycles. The predicted molar refractivity (Wildman–Crippen MR) is 107 cm³/mol. The minimum atomic E-state index is -4.45. The molecule has 1 heterocycles.